The third-order valence-electron chi connectivity index (χ3n) is 7.61. The molecule has 8 nitrogen and oxygen atoms in total. The van der Waals surface area contributed by atoms with Gasteiger partial charge in [-0.05, 0) is 67.4 Å². The van der Waals surface area contributed by atoms with Gasteiger partial charge in [0.2, 0.25) is 10.0 Å². The van der Waals surface area contributed by atoms with Crippen LogP contribution >= 0.6 is 0 Å². The second-order valence-electron chi connectivity index (χ2n) is 11.6. The molecule has 0 bridgehead atoms. The summed E-state index contributed by atoms with van der Waals surface area (Å²) in [5.41, 5.74) is 2.97. The lowest BCUT2D eigenvalue weighted by molar-refractivity contribution is 0.173. The Balaban J connectivity index is 2.05. The molecule has 0 saturated carbocycles. The Morgan fingerprint density at radius 1 is 0.850 bits per heavy atom. The molecule has 0 amide bonds. The molecule has 0 fully saturated rings. The molecule has 10 heteroatoms. The van der Waals surface area contributed by atoms with E-state index < -0.39 is 29.7 Å². The van der Waals surface area contributed by atoms with Crippen molar-refractivity contribution in [1.29, 1.82) is 0 Å². The average Bonchev–Trinajstić information content (AvgIpc) is 2.91. The summed E-state index contributed by atoms with van der Waals surface area (Å²) in [7, 11) is -3.08. The number of hydrogen-bond donors (Lipinski definition) is 0. The monoisotopic (exact) mass is 585 g/mol. The molecular weight excluding hydrogens is 542 g/mol. The van der Waals surface area contributed by atoms with Gasteiger partial charge in [0.15, 0.2) is 8.32 Å². The highest BCUT2D eigenvalue weighted by molar-refractivity contribution is 7.89. The quantitative estimate of drug-likeness (QED) is 0.231. The van der Waals surface area contributed by atoms with Gasteiger partial charge in [0, 0.05) is 19.3 Å². The van der Waals surface area contributed by atoms with Gasteiger partial charge in [0.05, 0.1) is 31.8 Å². The molecule has 0 radical (unpaired) electrons. The molecule has 1 aromatic heterocycles. The van der Waals surface area contributed by atoms with Gasteiger partial charge in [-0.2, -0.15) is 4.31 Å². The van der Waals surface area contributed by atoms with Crippen LogP contribution in [0.4, 0.5) is 0 Å². The van der Waals surface area contributed by atoms with Crippen LogP contribution in [0.2, 0.25) is 18.1 Å². The highest BCUT2D eigenvalue weighted by Crippen LogP contribution is 2.41. The van der Waals surface area contributed by atoms with Crippen LogP contribution in [0.3, 0.4) is 0 Å². The molecule has 0 saturated heterocycles. The predicted molar refractivity (Wildman–Crippen MR) is 161 cm³/mol. The largest absolute Gasteiger partial charge is 0.497 e. The summed E-state index contributed by atoms with van der Waals surface area (Å²) in [6, 6.07) is 14.9. The maximum absolute atomic E-state index is 14.5. The average molecular weight is 586 g/mol. The van der Waals surface area contributed by atoms with E-state index in [4.69, 9.17) is 13.9 Å². The fraction of sp³-hybridized carbons (Fsp3) is 0.467. The number of ether oxygens (including phenoxy) is 2. The predicted octanol–water partition coefficient (Wildman–Crippen LogP) is 6.29. The Morgan fingerprint density at radius 2 is 1.32 bits per heavy atom. The zero-order chi connectivity index (χ0) is 29.7. The fourth-order valence-corrected chi connectivity index (χ4v) is 6.98. The van der Waals surface area contributed by atoms with E-state index in [1.54, 1.807) is 33.5 Å². The number of hydrogen-bond acceptors (Lipinski definition) is 7. The minimum Gasteiger partial charge on any atom is -0.497 e. The van der Waals surface area contributed by atoms with E-state index in [0.29, 0.717) is 17.2 Å². The van der Waals surface area contributed by atoms with E-state index >= 15 is 0 Å². The summed E-state index contributed by atoms with van der Waals surface area (Å²) in [6.07, 6.45) is 2.51. The number of rotatable bonds is 12. The Labute approximate surface area is 240 Å². The number of sulfonamides is 1. The van der Waals surface area contributed by atoms with Crippen LogP contribution < -0.4 is 9.47 Å². The molecule has 0 unspecified atom stereocenters. The van der Waals surface area contributed by atoms with E-state index in [9.17, 15) is 8.42 Å². The molecule has 0 aliphatic heterocycles. The third-order valence-corrected chi connectivity index (χ3v) is 14.2. The Bertz CT molecular complexity index is 1290. The number of benzene rings is 2. The zero-order valence-corrected chi connectivity index (χ0v) is 27.0. The van der Waals surface area contributed by atoms with E-state index in [0.717, 1.165) is 16.8 Å². The second kappa shape index (κ2) is 12.8. The lowest BCUT2D eigenvalue weighted by Crippen LogP contribution is -2.47. The van der Waals surface area contributed by atoms with Crippen molar-refractivity contribution in [3.8, 4) is 11.5 Å². The lowest BCUT2D eigenvalue weighted by atomic mass is 10.2. The molecular formula is C30H43N3O5SSi. The van der Waals surface area contributed by atoms with E-state index in [1.807, 2.05) is 55.5 Å². The summed E-state index contributed by atoms with van der Waals surface area (Å²) in [4.78, 5) is 8.98. The smallest absolute Gasteiger partial charge is 0.220 e. The van der Waals surface area contributed by atoms with Gasteiger partial charge >= 0.3 is 0 Å². The van der Waals surface area contributed by atoms with E-state index in [2.05, 4.69) is 43.8 Å². The molecule has 3 rings (SSSR count). The Morgan fingerprint density at radius 3 is 1.70 bits per heavy atom. The highest BCUT2D eigenvalue weighted by atomic mass is 32.2. The van der Waals surface area contributed by atoms with Crippen molar-refractivity contribution in [3.63, 3.8) is 0 Å². The van der Waals surface area contributed by atoms with Crippen LogP contribution in [0.1, 0.15) is 56.3 Å². The number of methoxy groups -OCH3 is 2. The minimum atomic E-state index is -3.90. The van der Waals surface area contributed by atoms with Gasteiger partial charge in [-0.15, -0.1) is 0 Å². The molecule has 2 atom stereocenters. The van der Waals surface area contributed by atoms with Crippen LogP contribution in [-0.4, -0.2) is 50.5 Å². The van der Waals surface area contributed by atoms with Crippen LogP contribution in [0.15, 0.2) is 60.9 Å². The van der Waals surface area contributed by atoms with E-state index in [1.165, 1.54) is 4.31 Å². The van der Waals surface area contributed by atoms with Crippen LogP contribution in [0.5, 0.6) is 11.5 Å². The highest BCUT2D eigenvalue weighted by Gasteiger charge is 2.44. The summed E-state index contributed by atoms with van der Waals surface area (Å²) in [5.74, 6) is 1.42. The normalized spacial score (nSPS) is 14.2. The van der Waals surface area contributed by atoms with Crippen molar-refractivity contribution >= 4 is 18.3 Å². The molecule has 0 N–H and O–H groups in total. The summed E-state index contributed by atoms with van der Waals surface area (Å²) in [5, 5.41) is -1.05. The van der Waals surface area contributed by atoms with Crippen LogP contribution in [0.25, 0.3) is 0 Å². The van der Waals surface area contributed by atoms with Gasteiger partial charge in [-0.3, -0.25) is 9.97 Å². The maximum Gasteiger partial charge on any atom is 0.220 e. The second-order valence-corrected chi connectivity index (χ2v) is 18.6. The van der Waals surface area contributed by atoms with Crippen molar-refractivity contribution in [1.82, 2.24) is 14.3 Å². The van der Waals surface area contributed by atoms with Crippen molar-refractivity contribution in [2.45, 2.75) is 77.2 Å². The first-order valence-corrected chi connectivity index (χ1v) is 17.8. The molecule has 0 aliphatic carbocycles. The van der Waals surface area contributed by atoms with Crippen molar-refractivity contribution in [3.05, 3.63) is 83.4 Å². The summed E-state index contributed by atoms with van der Waals surface area (Å²) < 4.78 is 47.8. The zero-order valence-electron chi connectivity index (χ0n) is 25.1. The first-order valence-electron chi connectivity index (χ1n) is 13.4. The SMILES string of the molecule is COc1ccc(CN(Cc2ccc(OC)cc2)S(=O)(=O)[C@H](C)[C@H](O[Si](C)(C)C(C)(C)C)c2cnc(C)cn2)cc1. The summed E-state index contributed by atoms with van der Waals surface area (Å²) in [6.45, 7) is 14.6. The minimum absolute atomic E-state index is 0.126. The number of aromatic nitrogens is 2. The fourth-order valence-electron chi connectivity index (χ4n) is 3.94. The van der Waals surface area contributed by atoms with Gasteiger partial charge in [-0.1, -0.05) is 45.0 Å². The van der Waals surface area contributed by atoms with Crippen molar-refractivity contribution in [2.75, 3.05) is 14.2 Å². The maximum atomic E-state index is 14.5. The van der Waals surface area contributed by atoms with Crippen LogP contribution in [-0.2, 0) is 27.5 Å². The molecule has 3 aromatic rings. The molecule has 0 spiro atoms. The standard InChI is InChI=1S/C30H43N3O5SSi/c1-22-18-32-28(19-31-22)29(38-40(8,9)30(3,4)5)23(2)39(34,35)33(20-24-10-14-26(36-6)15-11-24)21-25-12-16-27(37-7)17-13-25/h10-19,23,29H,20-21H2,1-9H3/t23-,29+/m1/s1. The van der Waals surface area contributed by atoms with E-state index in [-0.39, 0.29) is 18.1 Å². The number of aryl methyl sites for hydroxylation is 1. The van der Waals surface area contributed by atoms with Gasteiger partial charge < -0.3 is 13.9 Å². The Hall–Kier alpha value is -2.79. The molecule has 2 aromatic carbocycles. The Kier molecular flexibility index (Phi) is 10.2. The third kappa shape index (κ3) is 7.69. The van der Waals surface area contributed by atoms with Gasteiger partial charge in [0.25, 0.3) is 0 Å². The van der Waals surface area contributed by atoms with Gasteiger partial charge in [0.1, 0.15) is 22.9 Å². The molecule has 1 heterocycles. The first-order chi connectivity index (χ1) is 18.7. The van der Waals surface area contributed by atoms with Crippen molar-refractivity contribution < 1.29 is 22.3 Å². The molecule has 0 aliphatic rings. The van der Waals surface area contributed by atoms with Crippen LogP contribution in [0, 0.1) is 6.92 Å². The molecule has 218 valence electrons. The molecule has 40 heavy (non-hydrogen) atoms. The first kappa shape index (κ1) is 31.7. The van der Waals surface area contributed by atoms with Gasteiger partial charge in [-0.25, -0.2) is 8.42 Å². The van der Waals surface area contributed by atoms with Crippen molar-refractivity contribution in [2.24, 2.45) is 0 Å². The number of nitrogens with zero attached hydrogens (tertiary/aromatic N) is 3. The lowest BCUT2D eigenvalue weighted by Gasteiger charge is -2.41. The topological polar surface area (TPSA) is 90.9 Å². The summed E-state index contributed by atoms with van der Waals surface area (Å²) >= 11 is 0.